The molecule has 30 heavy (non-hydrogen) atoms. The van der Waals surface area contributed by atoms with E-state index in [9.17, 15) is 19.6 Å². The van der Waals surface area contributed by atoms with Gasteiger partial charge in [0.2, 0.25) is 11.8 Å². The van der Waals surface area contributed by atoms with Gasteiger partial charge in [-0.25, -0.2) is 4.98 Å². The standard InChI is InChI=1S/C19H15ClN4O4S2/c1-28-18(27)15-14(10-2-4-11(20)5-3-10)12(8-21)17(24-16(15)26)30-9-13(25)23-19-22-6-7-29-19/h2-7,14-15H,9H2,1H3,(H,24,26)(H,22,23,25)/t14-,15+/m0/s1. The Morgan fingerprint density at radius 3 is 2.73 bits per heavy atom. The molecule has 154 valence electrons. The Morgan fingerprint density at radius 2 is 2.13 bits per heavy atom. The van der Waals surface area contributed by atoms with Gasteiger partial charge in [0.05, 0.1) is 29.5 Å². The van der Waals surface area contributed by atoms with E-state index in [0.29, 0.717) is 15.7 Å². The van der Waals surface area contributed by atoms with Crippen LogP contribution in [0, 0.1) is 17.2 Å². The Balaban J connectivity index is 1.91. The van der Waals surface area contributed by atoms with Gasteiger partial charge in [0.15, 0.2) is 5.13 Å². The summed E-state index contributed by atoms with van der Waals surface area (Å²) < 4.78 is 4.79. The van der Waals surface area contributed by atoms with E-state index in [1.54, 1.807) is 35.8 Å². The number of allylic oxidation sites excluding steroid dienone is 1. The molecule has 0 aliphatic carbocycles. The number of aromatic nitrogens is 1. The lowest BCUT2D eigenvalue weighted by Crippen LogP contribution is -2.44. The number of hydrogen-bond acceptors (Lipinski definition) is 8. The van der Waals surface area contributed by atoms with Gasteiger partial charge in [-0.1, -0.05) is 35.5 Å². The van der Waals surface area contributed by atoms with Gasteiger partial charge in [0.25, 0.3) is 0 Å². The van der Waals surface area contributed by atoms with Crippen molar-refractivity contribution in [1.29, 1.82) is 5.26 Å². The number of methoxy groups -OCH3 is 1. The summed E-state index contributed by atoms with van der Waals surface area (Å²) in [7, 11) is 1.18. The number of carbonyl (C=O) groups excluding carboxylic acids is 3. The van der Waals surface area contributed by atoms with Gasteiger partial charge >= 0.3 is 5.97 Å². The third kappa shape index (κ3) is 4.81. The second-order valence-corrected chi connectivity index (χ2v) is 8.36. The van der Waals surface area contributed by atoms with Gasteiger partial charge in [-0.2, -0.15) is 5.26 Å². The molecule has 2 atom stereocenters. The van der Waals surface area contributed by atoms with Crippen LogP contribution in [0.4, 0.5) is 5.13 Å². The fraction of sp³-hybridized carbons (Fsp3) is 0.211. The normalized spacial score (nSPS) is 18.4. The first-order chi connectivity index (χ1) is 14.4. The molecule has 0 bridgehead atoms. The van der Waals surface area contributed by atoms with Crippen molar-refractivity contribution in [1.82, 2.24) is 10.3 Å². The summed E-state index contributed by atoms with van der Waals surface area (Å²) in [6.07, 6.45) is 1.56. The van der Waals surface area contributed by atoms with Crippen molar-refractivity contribution in [2.45, 2.75) is 5.92 Å². The highest BCUT2D eigenvalue weighted by molar-refractivity contribution is 8.03. The maximum Gasteiger partial charge on any atom is 0.319 e. The average molecular weight is 463 g/mol. The molecule has 1 aromatic carbocycles. The first kappa shape index (κ1) is 21.8. The molecule has 1 aliphatic rings. The smallest absolute Gasteiger partial charge is 0.319 e. The Hall–Kier alpha value is -2.87. The Morgan fingerprint density at radius 1 is 1.40 bits per heavy atom. The SMILES string of the molecule is COC(=O)[C@H]1C(=O)NC(SCC(=O)Nc2nccs2)=C(C#N)[C@@H]1c1ccc(Cl)cc1. The lowest BCUT2D eigenvalue weighted by Gasteiger charge is -2.30. The van der Waals surface area contributed by atoms with E-state index in [0.717, 1.165) is 11.8 Å². The number of carbonyl (C=O) groups is 3. The highest BCUT2D eigenvalue weighted by Crippen LogP contribution is 2.40. The number of rotatable bonds is 6. The van der Waals surface area contributed by atoms with Crippen molar-refractivity contribution in [2.75, 3.05) is 18.2 Å². The maximum atomic E-state index is 12.7. The number of nitrogens with zero attached hydrogens (tertiary/aromatic N) is 2. The minimum Gasteiger partial charge on any atom is -0.468 e. The quantitative estimate of drug-likeness (QED) is 0.500. The number of benzene rings is 1. The summed E-state index contributed by atoms with van der Waals surface area (Å²) in [5, 5.41) is 17.9. The van der Waals surface area contributed by atoms with Crippen molar-refractivity contribution < 1.29 is 19.1 Å². The summed E-state index contributed by atoms with van der Waals surface area (Å²) in [5.41, 5.74) is 0.728. The zero-order chi connectivity index (χ0) is 21.7. The number of anilines is 1. The van der Waals surface area contributed by atoms with Gasteiger partial charge in [-0.05, 0) is 17.7 Å². The van der Waals surface area contributed by atoms with E-state index in [1.807, 2.05) is 0 Å². The Kier molecular flexibility index (Phi) is 7.10. The minimum absolute atomic E-state index is 0.0589. The van der Waals surface area contributed by atoms with E-state index < -0.39 is 23.7 Å². The molecular weight excluding hydrogens is 448 g/mol. The largest absolute Gasteiger partial charge is 0.468 e. The molecule has 3 rings (SSSR count). The number of thioether (sulfide) groups is 1. The van der Waals surface area contributed by atoms with Crippen LogP contribution < -0.4 is 10.6 Å². The molecule has 0 spiro atoms. The van der Waals surface area contributed by atoms with Gasteiger partial charge in [0.1, 0.15) is 5.92 Å². The highest BCUT2D eigenvalue weighted by atomic mass is 35.5. The molecule has 0 radical (unpaired) electrons. The molecule has 2 N–H and O–H groups in total. The van der Waals surface area contributed by atoms with E-state index in [-0.39, 0.29) is 22.3 Å². The first-order valence-corrected chi connectivity index (χ1v) is 10.8. The molecule has 8 nitrogen and oxygen atoms in total. The van der Waals surface area contributed by atoms with Gasteiger partial charge in [-0.15, -0.1) is 11.3 Å². The van der Waals surface area contributed by atoms with Crippen molar-refractivity contribution >= 4 is 57.6 Å². The third-order valence-electron chi connectivity index (χ3n) is 4.24. The van der Waals surface area contributed by atoms with E-state index >= 15 is 0 Å². The second-order valence-electron chi connectivity index (χ2n) is 6.05. The maximum absolute atomic E-state index is 12.7. The minimum atomic E-state index is -1.24. The molecule has 2 amide bonds. The van der Waals surface area contributed by atoms with Crippen LogP contribution in [0.1, 0.15) is 11.5 Å². The average Bonchev–Trinajstić information content (AvgIpc) is 3.24. The van der Waals surface area contributed by atoms with Crippen LogP contribution in [-0.4, -0.2) is 35.6 Å². The number of ether oxygens (including phenoxy) is 1. The summed E-state index contributed by atoms with van der Waals surface area (Å²) in [6, 6.07) is 8.60. The summed E-state index contributed by atoms with van der Waals surface area (Å²) >= 11 is 8.22. The number of nitrogens with one attached hydrogen (secondary N) is 2. The third-order valence-corrected chi connectivity index (χ3v) is 6.20. The molecule has 1 aliphatic heterocycles. The first-order valence-electron chi connectivity index (χ1n) is 8.55. The molecule has 0 unspecified atom stereocenters. The van der Waals surface area contributed by atoms with Crippen molar-refractivity contribution in [3.8, 4) is 6.07 Å². The van der Waals surface area contributed by atoms with E-state index in [1.165, 1.54) is 18.4 Å². The number of amides is 2. The fourth-order valence-corrected chi connectivity index (χ4v) is 4.45. The van der Waals surface area contributed by atoms with Crippen molar-refractivity contribution in [3.05, 3.63) is 57.0 Å². The number of hydrogen-bond donors (Lipinski definition) is 2. The Labute approximate surface area is 185 Å². The zero-order valence-electron chi connectivity index (χ0n) is 15.5. The topological polar surface area (TPSA) is 121 Å². The fourth-order valence-electron chi connectivity index (χ4n) is 2.93. The molecule has 1 aromatic heterocycles. The predicted molar refractivity (Wildman–Crippen MR) is 114 cm³/mol. The van der Waals surface area contributed by atoms with Crippen LogP contribution >= 0.6 is 34.7 Å². The molecular formula is C19H15ClN4O4S2. The molecule has 0 fully saturated rings. The lowest BCUT2D eigenvalue weighted by molar-refractivity contribution is -0.150. The van der Waals surface area contributed by atoms with Crippen LogP contribution in [-0.2, 0) is 19.1 Å². The molecule has 2 heterocycles. The Bertz CT molecular complexity index is 1030. The monoisotopic (exact) mass is 462 g/mol. The summed E-state index contributed by atoms with van der Waals surface area (Å²) in [6.45, 7) is 0. The van der Waals surface area contributed by atoms with Crippen LogP contribution in [0.3, 0.4) is 0 Å². The summed E-state index contributed by atoms with van der Waals surface area (Å²) in [4.78, 5) is 41.2. The number of thiazole rings is 1. The summed E-state index contributed by atoms with van der Waals surface area (Å²) in [5.74, 6) is -3.87. The highest BCUT2D eigenvalue weighted by Gasteiger charge is 2.44. The lowest BCUT2D eigenvalue weighted by atomic mass is 9.78. The van der Waals surface area contributed by atoms with Crippen LogP contribution in [0.25, 0.3) is 0 Å². The molecule has 0 saturated heterocycles. The van der Waals surface area contributed by atoms with Gasteiger partial charge in [0, 0.05) is 22.5 Å². The van der Waals surface area contributed by atoms with Gasteiger partial charge < -0.3 is 15.4 Å². The molecule has 0 saturated carbocycles. The van der Waals surface area contributed by atoms with Gasteiger partial charge in [-0.3, -0.25) is 14.4 Å². The van der Waals surface area contributed by atoms with E-state index in [2.05, 4.69) is 21.7 Å². The van der Waals surface area contributed by atoms with Crippen LogP contribution in [0.5, 0.6) is 0 Å². The number of halogens is 1. The van der Waals surface area contributed by atoms with Crippen LogP contribution in [0.2, 0.25) is 5.02 Å². The second kappa shape index (κ2) is 9.75. The van der Waals surface area contributed by atoms with E-state index in [4.69, 9.17) is 16.3 Å². The predicted octanol–water partition coefficient (Wildman–Crippen LogP) is 2.91. The number of nitriles is 1. The van der Waals surface area contributed by atoms with Crippen LogP contribution in [0.15, 0.2) is 46.4 Å². The van der Waals surface area contributed by atoms with Crippen molar-refractivity contribution in [2.24, 2.45) is 5.92 Å². The molecule has 2 aromatic rings. The molecule has 11 heteroatoms. The number of esters is 1. The zero-order valence-corrected chi connectivity index (χ0v) is 17.9. The van der Waals surface area contributed by atoms with Crippen molar-refractivity contribution in [3.63, 3.8) is 0 Å².